The van der Waals surface area contributed by atoms with Crippen LogP contribution in [0.2, 0.25) is 0 Å². The van der Waals surface area contributed by atoms with Gasteiger partial charge in [-0.25, -0.2) is 19.9 Å². The van der Waals surface area contributed by atoms with E-state index in [4.69, 9.17) is 21.6 Å². The summed E-state index contributed by atoms with van der Waals surface area (Å²) in [4.78, 5) is 15.3. The maximum Gasteiger partial charge on any atom is 2.00 e. The van der Waals surface area contributed by atoms with Crippen molar-refractivity contribution < 1.29 is 39.0 Å². The van der Waals surface area contributed by atoms with Crippen molar-refractivity contribution in [3.63, 3.8) is 0 Å². The molecule has 4 heterocycles. The molecule has 0 aromatic carbocycles. The number of isothiocyanates is 4. The van der Waals surface area contributed by atoms with Gasteiger partial charge in [-0.3, -0.25) is 18.7 Å². The van der Waals surface area contributed by atoms with E-state index in [-0.39, 0.29) is 39.0 Å². The van der Waals surface area contributed by atoms with E-state index in [1.54, 1.807) is 44.0 Å². The second-order valence-electron chi connectivity index (χ2n) is 5.00. The Balaban J connectivity index is -0.000000209. The van der Waals surface area contributed by atoms with Crippen LogP contribution in [0.3, 0.4) is 0 Å². The molecule has 0 saturated heterocycles. The Morgan fingerprint density at radius 1 is 0.447 bits per heavy atom. The summed E-state index contributed by atoms with van der Waals surface area (Å²) in [6.07, 6.45) is 12.8. The molecule has 4 aromatic rings. The first-order valence-electron chi connectivity index (χ1n) is 8.91. The van der Waals surface area contributed by atoms with Crippen molar-refractivity contribution in [2.75, 3.05) is 0 Å². The Morgan fingerprint density at radius 2 is 0.605 bits per heavy atom. The Kier molecular flexibility index (Phi) is 37.7. The van der Waals surface area contributed by atoms with Crippen molar-refractivity contribution in [3.05, 3.63) is 72.3 Å². The molecule has 0 bridgehead atoms. The Labute approximate surface area is 264 Å². The Hall–Kier alpha value is -2.99. The normalized spacial score (nSPS) is 7.37. The number of aromatic nitrogens is 12. The minimum Gasteiger partial charge on any atom is -0.753 e. The second kappa shape index (κ2) is 34.0. The zero-order valence-corrected chi connectivity index (χ0v) is 28.9. The molecule has 0 aliphatic rings. The molecule has 0 spiro atoms. The fourth-order valence-corrected chi connectivity index (χ4v) is 1.80. The Morgan fingerprint density at radius 3 is 0.711 bits per heavy atom. The topological polar surface area (TPSA) is 212 Å². The average Bonchev–Trinajstić information content (AvgIpc) is 3.67. The summed E-state index contributed by atoms with van der Waals surface area (Å²) in [5.74, 6) is 0. The molecule has 16 nitrogen and oxygen atoms in total. The smallest absolute Gasteiger partial charge is 0.753 e. The van der Waals surface area contributed by atoms with Gasteiger partial charge in [-0.05, 0) is 0 Å². The number of rotatable bonds is 6. The van der Waals surface area contributed by atoms with Crippen LogP contribution < -0.4 is 0 Å². The summed E-state index contributed by atoms with van der Waals surface area (Å²) in [5.41, 5.74) is 0. The summed E-state index contributed by atoms with van der Waals surface area (Å²) in [6.45, 7) is 3.07. The van der Waals surface area contributed by atoms with Gasteiger partial charge in [0.15, 0.2) is 0 Å². The van der Waals surface area contributed by atoms with Crippen molar-refractivity contribution in [3.8, 4) is 0 Å². The predicted octanol–water partition coefficient (Wildman–Crippen LogP) is 1.77. The molecular formula is C16H16N16S4Zn2. The molecule has 38 heavy (non-hydrogen) atoms. The molecule has 4 aromatic heterocycles. The van der Waals surface area contributed by atoms with Gasteiger partial charge >= 0.3 is 39.0 Å². The molecule has 4 rings (SSSR count). The second-order valence-corrected chi connectivity index (χ2v) is 5.73. The van der Waals surface area contributed by atoms with E-state index in [9.17, 15) is 0 Å². The van der Waals surface area contributed by atoms with Crippen LogP contribution >= 0.6 is 48.9 Å². The van der Waals surface area contributed by atoms with Crippen molar-refractivity contribution in [1.82, 2.24) is 59.1 Å². The molecule has 0 aliphatic carbocycles. The molecule has 0 fully saturated rings. The molecule has 0 saturated carbocycles. The molecule has 22 heteroatoms. The van der Waals surface area contributed by atoms with Crippen molar-refractivity contribution in [1.29, 1.82) is 0 Å². The van der Waals surface area contributed by atoms with Gasteiger partial charge in [0.1, 0.15) is 50.6 Å². The summed E-state index contributed by atoms with van der Waals surface area (Å²) >= 11 is 14.8. The monoisotopic (exact) mass is 688 g/mol. The average molecular weight is 691 g/mol. The largest absolute Gasteiger partial charge is 2.00 e. The molecule has 0 atom stereocenters. The zero-order chi connectivity index (χ0) is 27.3. The number of hydrogen-bond donors (Lipinski definition) is 0. The number of hydrogen-bond acceptors (Lipinski definition) is 12. The maximum atomic E-state index is 7.13. The van der Waals surface area contributed by atoms with Gasteiger partial charge in [0.25, 0.3) is 0 Å². The van der Waals surface area contributed by atoms with E-state index in [1.807, 2.05) is 0 Å². The summed E-state index contributed by atoms with van der Waals surface area (Å²) in [5, 5.41) is 49.7. The van der Waals surface area contributed by atoms with Gasteiger partial charge < -0.3 is 21.6 Å². The SMILES string of the molecule is [N-]=C=S.[N-]=C=S.[N-]=C=S.[N-]=C=S.[Zn+2].[Zn+2].c1ncn(CCn2cncn2)n1.c1ncn(CCn2cncn2)n1. The van der Waals surface area contributed by atoms with Gasteiger partial charge in [0, 0.05) is 0 Å². The van der Waals surface area contributed by atoms with E-state index in [2.05, 4.69) is 89.2 Å². The summed E-state index contributed by atoms with van der Waals surface area (Å²) in [7, 11) is 0. The maximum absolute atomic E-state index is 7.13. The number of aryl methyl sites for hydroxylation is 4. The quantitative estimate of drug-likeness (QED) is 0.161. The van der Waals surface area contributed by atoms with Crippen LogP contribution in [-0.2, 0) is 65.1 Å². The van der Waals surface area contributed by atoms with Gasteiger partial charge in [-0.1, -0.05) is 48.9 Å². The predicted molar refractivity (Wildman–Crippen MR) is 144 cm³/mol. The van der Waals surface area contributed by atoms with Crippen molar-refractivity contribution >= 4 is 69.5 Å². The van der Waals surface area contributed by atoms with Crippen LogP contribution in [0, 0.1) is 0 Å². The molecule has 0 aliphatic heterocycles. The van der Waals surface area contributed by atoms with E-state index in [0.717, 1.165) is 26.2 Å². The first-order valence-corrected chi connectivity index (χ1v) is 10.5. The van der Waals surface area contributed by atoms with Crippen LogP contribution in [0.5, 0.6) is 0 Å². The van der Waals surface area contributed by atoms with Crippen LogP contribution in [0.4, 0.5) is 0 Å². The first-order chi connectivity index (χ1) is 17.6. The molecule has 0 N–H and O–H groups in total. The third-order valence-corrected chi connectivity index (χ3v) is 2.98. The summed E-state index contributed by atoms with van der Waals surface area (Å²) < 4.78 is 7.01. The van der Waals surface area contributed by atoms with Gasteiger partial charge in [-0.15, -0.1) is 0 Å². The van der Waals surface area contributed by atoms with Gasteiger partial charge in [0.05, 0.1) is 26.2 Å². The zero-order valence-electron chi connectivity index (χ0n) is 19.6. The molecule has 0 unspecified atom stereocenters. The van der Waals surface area contributed by atoms with Crippen LogP contribution in [0.1, 0.15) is 0 Å². The van der Waals surface area contributed by atoms with E-state index >= 15 is 0 Å². The molecule has 0 radical (unpaired) electrons. The number of nitrogens with zero attached hydrogens (tertiary/aromatic N) is 16. The minimum absolute atomic E-state index is 0. The van der Waals surface area contributed by atoms with Crippen molar-refractivity contribution in [2.24, 2.45) is 0 Å². The van der Waals surface area contributed by atoms with Crippen LogP contribution in [0.25, 0.3) is 21.6 Å². The first kappa shape index (κ1) is 42.1. The fourth-order valence-electron chi connectivity index (χ4n) is 1.80. The minimum atomic E-state index is 0. The third-order valence-electron chi connectivity index (χ3n) is 2.98. The Bertz CT molecular complexity index is 942. The standard InChI is InChI=1S/2C6H8N6.4CNS.2Zn/c2*1(11-5-7-3-9-11)2-12-6-8-4-10-12;4*2-1-3;;/h2*3-6H,1-2H2;;;;;;/q;;4*-1;2*+2. The van der Waals surface area contributed by atoms with Gasteiger partial charge in [0.2, 0.25) is 0 Å². The van der Waals surface area contributed by atoms with E-state index in [0.29, 0.717) is 0 Å². The van der Waals surface area contributed by atoms with Gasteiger partial charge in [-0.2, -0.15) is 41.0 Å². The van der Waals surface area contributed by atoms with Crippen molar-refractivity contribution in [2.45, 2.75) is 26.2 Å². The van der Waals surface area contributed by atoms with Crippen LogP contribution in [0.15, 0.2) is 50.6 Å². The van der Waals surface area contributed by atoms with E-state index in [1.165, 1.54) is 46.0 Å². The van der Waals surface area contributed by atoms with Crippen LogP contribution in [-0.4, -0.2) is 79.7 Å². The molecule has 188 valence electrons. The molecule has 0 amide bonds. The van der Waals surface area contributed by atoms with E-state index < -0.39 is 0 Å². The summed E-state index contributed by atoms with van der Waals surface area (Å²) in [6, 6.07) is 0. The molecular weight excluding hydrogens is 675 g/mol. The third kappa shape index (κ3) is 27.6. The fraction of sp³-hybridized carbons (Fsp3) is 0.250. The number of thiocarbonyl (C=S) groups is 4.